The fourth-order valence-electron chi connectivity index (χ4n) is 1.41. The number of hydrogen-bond donors (Lipinski definition) is 0. The highest BCUT2D eigenvalue weighted by molar-refractivity contribution is 5.09. The van der Waals surface area contributed by atoms with E-state index in [-0.39, 0.29) is 6.92 Å². The molecule has 0 aromatic rings. The smallest absolute Gasteiger partial charge is 0.397 e. The van der Waals surface area contributed by atoms with Crippen molar-refractivity contribution >= 4 is 0 Å². The SMILES string of the molecule is CC(F)(F)C1(F)CC(F)(F)C(F)(F)O1.CF.FC(F)=C(F)OC(F)(F)C(F)(F)C(F)=C(F)F.FCF. The molecule has 0 saturated carbocycles. The lowest BCUT2D eigenvalue weighted by Crippen LogP contribution is -2.43. The molecule has 218 valence electrons. The van der Waals surface area contributed by atoms with Gasteiger partial charge in [-0.3, -0.25) is 9.13 Å². The molecule has 0 aromatic heterocycles. The van der Waals surface area contributed by atoms with E-state index >= 15 is 0 Å². The molecule has 1 rings (SSSR count). The van der Waals surface area contributed by atoms with E-state index in [9.17, 15) is 87.8 Å². The van der Waals surface area contributed by atoms with Crippen LogP contribution >= 0.6 is 0 Å². The first-order chi connectivity index (χ1) is 15.8. The molecule has 22 heteroatoms. The number of ether oxygens (including phenoxy) is 2. The quantitative estimate of drug-likeness (QED) is 0.236. The van der Waals surface area contributed by atoms with Crippen molar-refractivity contribution in [3.8, 4) is 0 Å². The van der Waals surface area contributed by atoms with Gasteiger partial charge in [0.2, 0.25) is 12.8 Å². The zero-order valence-corrected chi connectivity index (χ0v) is 16.8. The van der Waals surface area contributed by atoms with Gasteiger partial charge >= 0.3 is 48.2 Å². The molecule has 1 aliphatic rings. The third-order valence-corrected chi connectivity index (χ3v) is 2.99. The lowest BCUT2D eigenvalue weighted by atomic mass is 10.1. The van der Waals surface area contributed by atoms with Gasteiger partial charge < -0.3 is 4.74 Å². The molecule has 1 heterocycles. The summed E-state index contributed by atoms with van der Waals surface area (Å²) in [5.74, 6) is -23.9. The largest absolute Gasteiger partial charge is 0.473 e. The van der Waals surface area contributed by atoms with E-state index in [1.54, 1.807) is 0 Å². The molecular formula is C14H10F20O2. The van der Waals surface area contributed by atoms with E-state index in [4.69, 9.17) is 0 Å². The van der Waals surface area contributed by atoms with Crippen molar-refractivity contribution in [2.45, 2.75) is 49.2 Å². The average Bonchev–Trinajstić information content (AvgIpc) is 2.85. The maximum Gasteiger partial charge on any atom is 0.473 e. The highest BCUT2D eigenvalue weighted by Crippen LogP contribution is 2.56. The third kappa shape index (κ3) is 9.71. The molecule has 0 N–H and O–H groups in total. The monoisotopic (exact) mass is 590 g/mol. The fraction of sp³-hybridized carbons (Fsp3) is 0.714. The van der Waals surface area contributed by atoms with Crippen molar-refractivity contribution in [3.63, 3.8) is 0 Å². The zero-order valence-electron chi connectivity index (χ0n) is 16.8. The lowest BCUT2D eigenvalue weighted by Gasteiger charge is -2.24. The summed E-state index contributed by atoms with van der Waals surface area (Å²) in [5, 5.41) is 0. The van der Waals surface area contributed by atoms with Gasteiger partial charge in [0.15, 0.2) is 0 Å². The Morgan fingerprint density at radius 3 is 1.33 bits per heavy atom. The second-order valence-electron chi connectivity index (χ2n) is 5.52. The summed E-state index contributed by atoms with van der Waals surface area (Å²) in [6.07, 6.45) is -21.2. The first-order valence-corrected chi connectivity index (χ1v) is 7.65. The van der Waals surface area contributed by atoms with Crippen LogP contribution in [0.5, 0.6) is 0 Å². The first kappa shape index (κ1) is 38.4. The van der Waals surface area contributed by atoms with Gasteiger partial charge in [0.25, 0.3) is 5.85 Å². The van der Waals surface area contributed by atoms with Crippen LogP contribution in [0.25, 0.3) is 0 Å². The van der Waals surface area contributed by atoms with Gasteiger partial charge in [-0.05, 0) is 0 Å². The summed E-state index contributed by atoms with van der Waals surface area (Å²) >= 11 is 0. The predicted octanol–water partition coefficient (Wildman–Crippen LogP) is 8.77. The van der Waals surface area contributed by atoms with Gasteiger partial charge in [-0.25, -0.2) is 22.0 Å². The van der Waals surface area contributed by atoms with Crippen LogP contribution in [0.15, 0.2) is 24.0 Å². The van der Waals surface area contributed by atoms with Crippen molar-refractivity contribution in [2.75, 3.05) is 14.1 Å². The zero-order chi connectivity index (χ0) is 30.1. The van der Waals surface area contributed by atoms with Crippen molar-refractivity contribution < 1.29 is 97.3 Å². The van der Waals surface area contributed by atoms with Crippen LogP contribution in [0.3, 0.4) is 0 Å². The maximum absolute atomic E-state index is 12.9. The lowest BCUT2D eigenvalue weighted by molar-refractivity contribution is -0.365. The Labute approximate surface area is 186 Å². The molecule has 0 radical (unpaired) electrons. The van der Waals surface area contributed by atoms with Crippen LogP contribution in [-0.2, 0) is 9.47 Å². The van der Waals surface area contributed by atoms with Crippen LogP contribution in [-0.4, -0.2) is 49.9 Å². The summed E-state index contributed by atoms with van der Waals surface area (Å²) < 4.78 is 238. The molecule has 0 bridgehead atoms. The normalized spacial score (nSPS) is 20.4. The standard InChI is InChI=1S/C6F10O.C6H5F7O.CH2F2.CH3F/c7-1(2(8)9)5(13,14)6(15,16)17-4(12)3(10)11;1-3(7,8)5(11)2-4(9,10)6(12,13)14-5;2-1-3;1-2/h;2H2,1H3;1H2;1H3. The van der Waals surface area contributed by atoms with Gasteiger partial charge in [-0.2, -0.15) is 61.5 Å². The summed E-state index contributed by atoms with van der Waals surface area (Å²) in [6.45, 7) is -1.86. The number of hydrogen-bond acceptors (Lipinski definition) is 2. The predicted molar refractivity (Wildman–Crippen MR) is 75.8 cm³/mol. The van der Waals surface area contributed by atoms with E-state index in [1.165, 1.54) is 0 Å². The van der Waals surface area contributed by atoms with Crippen molar-refractivity contribution in [2.24, 2.45) is 0 Å². The Bertz CT molecular complexity index is 715. The molecule has 1 unspecified atom stereocenters. The van der Waals surface area contributed by atoms with Gasteiger partial charge in [-0.15, -0.1) is 0 Å². The molecule has 36 heavy (non-hydrogen) atoms. The minimum Gasteiger partial charge on any atom is -0.397 e. The number of rotatable bonds is 5. The molecular weight excluding hydrogens is 580 g/mol. The van der Waals surface area contributed by atoms with E-state index in [0.29, 0.717) is 7.18 Å². The van der Waals surface area contributed by atoms with E-state index in [0.717, 1.165) is 0 Å². The van der Waals surface area contributed by atoms with E-state index in [2.05, 4.69) is 9.47 Å². The molecule has 1 atom stereocenters. The fourth-order valence-corrected chi connectivity index (χ4v) is 1.41. The van der Waals surface area contributed by atoms with Gasteiger partial charge in [0.05, 0.1) is 13.6 Å². The Kier molecular flexibility index (Phi) is 14.3. The highest BCUT2D eigenvalue weighted by Gasteiger charge is 2.77. The Hall–Kier alpha value is -2.16. The van der Waals surface area contributed by atoms with Crippen molar-refractivity contribution in [1.29, 1.82) is 0 Å². The average molecular weight is 590 g/mol. The molecule has 0 aliphatic carbocycles. The maximum atomic E-state index is 12.9. The molecule has 2 nitrogen and oxygen atoms in total. The van der Waals surface area contributed by atoms with Gasteiger partial charge in [-0.1, -0.05) is 0 Å². The minimum absolute atomic E-state index is 0.107. The number of halogens is 20. The summed E-state index contributed by atoms with van der Waals surface area (Å²) in [6, 6.07) is -3.44. The van der Waals surface area contributed by atoms with Crippen LogP contribution < -0.4 is 0 Å². The molecule has 0 spiro atoms. The van der Waals surface area contributed by atoms with Gasteiger partial charge in [0, 0.05) is 6.92 Å². The Balaban J connectivity index is -0.000000518. The second kappa shape index (κ2) is 13.4. The minimum atomic E-state index is -6.31. The summed E-state index contributed by atoms with van der Waals surface area (Å²) in [7, 11) is 0.500. The van der Waals surface area contributed by atoms with Crippen LogP contribution in [0.2, 0.25) is 0 Å². The highest BCUT2D eigenvalue weighted by atomic mass is 19.3. The molecule has 1 fully saturated rings. The molecule has 0 amide bonds. The first-order valence-electron chi connectivity index (χ1n) is 7.65. The van der Waals surface area contributed by atoms with Crippen molar-refractivity contribution in [3.05, 3.63) is 24.0 Å². The van der Waals surface area contributed by atoms with Gasteiger partial charge in [0.1, 0.15) is 0 Å². The topological polar surface area (TPSA) is 18.5 Å². The van der Waals surface area contributed by atoms with Crippen LogP contribution in [0.1, 0.15) is 13.3 Å². The Morgan fingerprint density at radius 2 is 1.14 bits per heavy atom. The van der Waals surface area contributed by atoms with E-state index in [1.807, 2.05) is 0 Å². The van der Waals surface area contributed by atoms with Crippen LogP contribution in [0, 0.1) is 0 Å². The van der Waals surface area contributed by atoms with E-state index < -0.39 is 73.2 Å². The van der Waals surface area contributed by atoms with Crippen molar-refractivity contribution in [1.82, 2.24) is 0 Å². The summed E-state index contributed by atoms with van der Waals surface area (Å²) in [4.78, 5) is 0. The molecule has 1 saturated heterocycles. The Morgan fingerprint density at radius 1 is 0.778 bits per heavy atom. The third-order valence-electron chi connectivity index (χ3n) is 2.99. The molecule has 0 aromatic carbocycles. The second-order valence-corrected chi connectivity index (χ2v) is 5.52. The van der Waals surface area contributed by atoms with Crippen LogP contribution in [0.4, 0.5) is 87.8 Å². The molecule has 1 aliphatic heterocycles. The number of alkyl halides is 14. The summed E-state index contributed by atoms with van der Waals surface area (Å²) in [5.41, 5.74) is 0.